The molecule has 0 aliphatic carbocycles. The van der Waals surface area contributed by atoms with E-state index >= 15 is 0 Å². The molecule has 0 bridgehead atoms. The molecule has 36 heavy (non-hydrogen) atoms. The monoisotopic (exact) mass is 481 g/mol. The Morgan fingerprint density at radius 1 is 0.944 bits per heavy atom. The summed E-state index contributed by atoms with van der Waals surface area (Å²) in [6.07, 6.45) is 2.38. The first-order chi connectivity index (χ1) is 17.4. The van der Waals surface area contributed by atoms with Crippen LogP contribution in [0.3, 0.4) is 0 Å². The number of amidine groups is 1. The van der Waals surface area contributed by atoms with Crippen molar-refractivity contribution < 1.29 is 4.79 Å². The van der Waals surface area contributed by atoms with Crippen LogP contribution in [0.5, 0.6) is 0 Å². The summed E-state index contributed by atoms with van der Waals surface area (Å²) in [7, 11) is 0. The number of nitrogens with zero attached hydrogens (tertiary/aromatic N) is 2. The molecule has 1 heterocycles. The lowest BCUT2D eigenvalue weighted by atomic mass is 9.90. The maximum absolute atomic E-state index is 11.5. The molecule has 0 unspecified atom stereocenters. The number of carbonyl (C=O) groups is 1. The minimum absolute atomic E-state index is 0.124. The molecule has 0 fully saturated rings. The highest BCUT2D eigenvalue weighted by Gasteiger charge is 2.32. The van der Waals surface area contributed by atoms with Gasteiger partial charge < -0.3 is 5.73 Å². The Morgan fingerprint density at radius 2 is 1.44 bits per heavy atom. The smallest absolute Gasteiger partial charge is 0.149 e. The standard InChI is InChI=1S/C18H25N3O.C14H14/c1-4-17(19)20-16-10-11-21(12-14(16)13-22)18(2,3)15-8-6-5-7-9-15;1-12(13-8-4-2-5-9-13)14-10-6-3-7-11-14/h5-9,13H,4,10-12H2,1-3H3,(H2,19,20);2-12H,1H3. The SMILES string of the molecule is CC(c1ccccc1)c1ccccc1.CCC(N)=NC1=C(C=O)CN(C(C)(C)c2ccccc2)CC1. The molecule has 0 saturated heterocycles. The molecule has 0 atom stereocenters. The van der Waals surface area contributed by atoms with Crippen LogP contribution in [0.2, 0.25) is 0 Å². The molecule has 0 radical (unpaired) electrons. The second-order valence-corrected chi connectivity index (χ2v) is 9.69. The summed E-state index contributed by atoms with van der Waals surface area (Å²) >= 11 is 0. The molecule has 0 amide bonds. The van der Waals surface area contributed by atoms with Crippen molar-refractivity contribution in [2.24, 2.45) is 10.7 Å². The Bertz CT molecular complexity index is 1110. The summed E-state index contributed by atoms with van der Waals surface area (Å²) in [6, 6.07) is 31.6. The fourth-order valence-corrected chi connectivity index (χ4v) is 4.44. The second kappa shape index (κ2) is 13.0. The highest BCUT2D eigenvalue weighted by molar-refractivity contribution is 5.83. The Hall–Kier alpha value is -3.50. The molecule has 188 valence electrons. The van der Waals surface area contributed by atoms with Crippen LogP contribution in [-0.2, 0) is 10.3 Å². The van der Waals surface area contributed by atoms with E-state index in [1.165, 1.54) is 16.7 Å². The van der Waals surface area contributed by atoms with Crippen molar-refractivity contribution in [3.63, 3.8) is 0 Å². The lowest BCUT2D eigenvalue weighted by Gasteiger charge is -2.41. The van der Waals surface area contributed by atoms with Gasteiger partial charge >= 0.3 is 0 Å². The van der Waals surface area contributed by atoms with Crippen LogP contribution in [0.15, 0.2) is 107 Å². The van der Waals surface area contributed by atoms with Crippen LogP contribution in [0.25, 0.3) is 0 Å². The van der Waals surface area contributed by atoms with E-state index in [1.807, 2.05) is 13.0 Å². The molecular weight excluding hydrogens is 442 g/mol. The highest BCUT2D eigenvalue weighted by atomic mass is 16.1. The van der Waals surface area contributed by atoms with Gasteiger partial charge in [0.15, 0.2) is 0 Å². The van der Waals surface area contributed by atoms with Gasteiger partial charge in [-0.15, -0.1) is 0 Å². The first-order valence-electron chi connectivity index (χ1n) is 12.8. The van der Waals surface area contributed by atoms with Gasteiger partial charge in [0, 0.05) is 43.0 Å². The van der Waals surface area contributed by atoms with Crippen molar-refractivity contribution in [3.8, 4) is 0 Å². The van der Waals surface area contributed by atoms with E-state index in [-0.39, 0.29) is 5.54 Å². The van der Waals surface area contributed by atoms with Crippen molar-refractivity contribution in [1.29, 1.82) is 0 Å². The summed E-state index contributed by atoms with van der Waals surface area (Å²) < 4.78 is 0. The van der Waals surface area contributed by atoms with Crippen LogP contribution in [0.1, 0.15) is 63.1 Å². The summed E-state index contributed by atoms with van der Waals surface area (Å²) in [5.74, 6) is 1.07. The lowest BCUT2D eigenvalue weighted by Crippen LogP contribution is -2.45. The second-order valence-electron chi connectivity index (χ2n) is 9.69. The van der Waals surface area contributed by atoms with Gasteiger partial charge in [-0.05, 0) is 30.5 Å². The first-order valence-corrected chi connectivity index (χ1v) is 12.8. The average molecular weight is 482 g/mol. The van der Waals surface area contributed by atoms with Gasteiger partial charge in [0.2, 0.25) is 0 Å². The fourth-order valence-electron chi connectivity index (χ4n) is 4.44. The van der Waals surface area contributed by atoms with Gasteiger partial charge in [-0.3, -0.25) is 9.69 Å². The van der Waals surface area contributed by atoms with Crippen molar-refractivity contribution in [2.45, 2.75) is 52.0 Å². The molecular formula is C32H39N3O. The molecule has 0 saturated carbocycles. The van der Waals surface area contributed by atoms with E-state index in [2.05, 4.69) is 116 Å². The zero-order valence-corrected chi connectivity index (χ0v) is 22.0. The topological polar surface area (TPSA) is 58.7 Å². The van der Waals surface area contributed by atoms with Crippen molar-refractivity contribution in [2.75, 3.05) is 13.1 Å². The van der Waals surface area contributed by atoms with Gasteiger partial charge in [0.05, 0.1) is 11.5 Å². The maximum atomic E-state index is 11.5. The number of hydrogen-bond acceptors (Lipinski definition) is 3. The lowest BCUT2D eigenvalue weighted by molar-refractivity contribution is -0.105. The molecule has 1 aliphatic rings. The van der Waals surface area contributed by atoms with E-state index in [4.69, 9.17) is 5.73 Å². The number of hydrogen-bond donors (Lipinski definition) is 1. The van der Waals surface area contributed by atoms with E-state index in [1.54, 1.807) is 0 Å². The predicted octanol–water partition coefficient (Wildman–Crippen LogP) is 6.69. The Balaban J connectivity index is 0.000000221. The van der Waals surface area contributed by atoms with E-state index in [9.17, 15) is 4.79 Å². The van der Waals surface area contributed by atoms with Crippen LogP contribution >= 0.6 is 0 Å². The molecule has 4 rings (SSSR count). The molecule has 4 heteroatoms. The summed E-state index contributed by atoms with van der Waals surface area (Å²) in [5.41, 5.74) is 11.3. The van der Waals surface area contributed by atoms with Crippen molar-refractivity contribution in [3.05, 3.63) is 119 Å². The van der Waals surface area contributed by atoms with E-state index in [0.29, 0.717) is 24.7 Å². The third-order valence-electron chi connectivity index (χ3n) is 7.00. The van der Waals surface area contributed by atoms with E-state index in [0.717, 1.165) is 30.5 Å². The molecule has 4 nitrogen and oxygen atoms in total. The molecule has 0 aromatic heterocycles. The van der Waals surface area contributed by atoms with Gasteiger partial charge in [-0.1, -0.05) is 105 Å². The van der Waals surface area contributed by atoms with Gasteiger partial charge in [0.25, 0.3) is 0 Å². The van der Waals surface area contributed by atoms with Crippen LogP contribution in [0.4, 0.5) is 0 Å². The highest BCUT2D eigenvalue weighted by Crippen LogP contribution is 2.32. The van der Waals surface area contributed by atoms with Gasteiger partial charge in [-0.25, -0.2) is 4.99 Å². The first kappa shape index (κ1) is 27.1. The molecule has 3 aromatic carbocycles. The third-order valence-corrected chi connectivity index (χ3v) is 7.00. The average Bonchev–Trinajstić information content (AvgIpc) is 2.94. The van der Waals surface area contributed by atoms with Crippen LogP contribution in [-0.4, -0.2) is 30.1 Å². The fraction of sp³-hybridized carbons (Fsp3) is 0.312. The van der Waals surface area contributed by atoms with Crippen molar-refractivity contribution in [1.82, 2.24) is 4.90 Å². The van der Waals surface area contributed by atoms with Crippen LogP contribution < -0.4 is 5.73 Å². The van der Waals surface area contributed by atoms with E-state index < -0.39 is 0 Å². The largest absolute Gasteiger partial charge is 0.387 e. The van der Waals surface area contributed by atoms with Gasteiger partial charge in [-0.2, -0.15) is 0 Å². The van der Waals surface area contributed by atoms with Crippen LogP contribution in [0, 0.1) is 0 Å². The normalized spacial score (nSPS) is 14.9. The summed E-state index contributed by atoms with van der Waals surface area (Å²) in [5, 5.41) is 0. The Kier molecular flexibility index (Phi) is 9.77. The number of rotatable bonds is 7. The number of aldehydes is 1. The van der Waals surface area contributed by atoms with Gasteiger partial charge in [0.1, 0.15) is 6.29 Å². The number of benzene rings is 3. The molecule has 3 aromatic rings. The minimum atomic E-state index is -0.124. The number of aliphatic imine (C=N–C) groups is 1. The number of nitrogens with two attached hydrogens (primary N) is 1. The third kappa shape index (κ3) is 7.02. The molecule has 1 aliphatic heterocycles. The summed E-state index contributed by atoms with van der Waals surface area (Å²) in [6.45, 7) is 10.1. The summed E-state index contributed by atoms with van der Waals surface area (Å²) in [4.78, 5) is 18.2. The quantitative estimate of drug-likeness (QED) is 0.232. The molecule has 0 spiro atoms. The molecule has 2 N–H and O–H groups in total. The predicted molar refractivity (Wildman–Crippen MR) is 151 cm³/mol. The zero-order chi connectivity index (χ0) is 26.0. The Morgan fingerprint density at radius 3 is 1.92 bits per heavy atom. The maximum Gasteiger partial charge on any atom is 0.149 e. The minimum Gasteiger partial charge on any atom is -0.387 e. The zero-order valence-electron chi connectivity index (χ0n) is 22.0. The van der Waals surface area contributed by atoms with Crippen molar-refractivity contribution >= 4 is 12.1 Å². The number of carbonyl (C=O) groups excluding carboxylic acids is 1. The Labute approximate surface area is 216 Å².